The first kappa shape index (κ1) is 15.1. The first-order chi connectivity index (χ1) is 11.3. The lowest BCUT2D eigenvalue weighted by Crippen LogP contribution is -2.44. The Morgan fingerprint density at radius 2 is 1.96 bits per heavy atom. The van der Waals surface area contributed by atoms with Crippen LogP contribution in [0.15, 0.2) is 0 Å². The Labute approximate surface area is 136 Å². The SMILES string of the molecule is O=C([C@@H]1CC[C@@H]2CCCC[C@@H]2C1)N1CCn2nnc(CO)c2C1. The van der Waals surface area contributed by atoms with E-state index in [1.165, 1.54) is 32.1 Å². The Balaban J connectivity index is 1.43. The second kappa shape index (κ2) is 6.23. The number of carbonyl (C=O) groups excluding carboxylic acids is 1. The first-order valence-electron chi connectivity index (χ1n) is 9.07. The van der Waals surface area contributed by atoms with Crippen molar-refractivity contribution in [2.45, 2.75) is 64.6 Å². The number of amides is 1. The quantitative estimate of drug-likeness (QED) is 0.901. The molecular formula is C17H26N4O2. The molecule has 126 valence electrons. The number of hydrogen-bond acceptors (Lipinski definition) is 4. The van der Waals surface area contributed by atoms with Gasteiger partial charge in [0.15, 0.2) is 0 Å². The highest BCUT2D eigenvalue weighted by molar-refractivity contribution is 5.79. The highest BCUT2D eigenvalue weighted by Gasteiger charge is 2.37. The van der Waals surface area contributed by atoms with Crippen LogP contribution in [0.3, 0.4) is 0 Å². The van der Waals surface area contributed by atoms with Crippen LogP contribution in [0.5, 0.6) is 0 Å². The second-order valence-electron chi connectivity index (χ2n) is 7.44. The van der Waals surface area contributed by atoms with Crippen molar-refractivity contribution in [2.24, 2.45) is 17.8 Å². The largest absolute Gasteiger partial charge is 0.390 e. The third-order valence-corrected chi connectivity index (χ3v) is 6.19. The number of aliphatic hydroxyl groups is 1. The van der Waals surface area contributed by atoms with Gasteiger partial charge < -0.3 is 10.0 Å². The van der Waals surface area contributed by atoms with E-state index in [2.05, 4.69) is 10.3 Å². The van der Waals surface area contributed by atoms with E-state index in [1.54, 1.807) is 0 Å². The van der Waals surface area contributed by atoms with Gasteiger partial charge in [0.2, 0.25) is 5.91 Å². The van der Waals surface area contributed by atoms with Crippen LogP contribution in [0.4, 0.5) is 0 Å². The summed E-state index contributed by atoms with van der Waals surface area (Å²) in [4.78, 5) is 14.9. The van der Waals surface area contributed by atoms with Crippen LogP contribution < -0.4 is 0 Å². The Morgan fingerprint density at radius 1 is 1.13 bits per heavy atom. The number of aliphatic hydroxyl groups excluding tert-OH is 1. The lowest BCUT2D eigenvalue weighted by Gasteiger charge is -2.40. The van der Waals surface area contributed by atoms with Gasteiger partial charge in [-0.05, 0) is 31.1 Å². The smallest absolute Gasteiger partial charge is 0.226 e. The van der Waals surface area contributed by atoms with E-state index < -0.39 is 0 Å². The molecule has 2 saturated carbocycles. The van der Waals surface area contributed by atoms with Crippen LogP contribution >= 0.6 is 0 Å². The number of carbonyl (C=O) groups is 1. The monoisotopic (exact) mass is 318 g/mol. The molecule has 1 aromatic rings. The van der Waals surface area contributed by atoms with Gasteiger partial charge in [-0.15, -0.1) is 5.10 Å². The number of fused-ring (bicyclic) bond motifs is 2. The zero-order valence-electron chi connectivity index (χ0n) is 13.7. The Bertz CT molecular complexity index is 572. The lowest BCUT2D eigenvalue weighted by atomic mass is 9.67. The molecule has 1 amide bonds. The fourth-order valence-electron chi connectivity index (χ4n) is 4.86. The lowest BCUT2D eigenvalue weighted by molar-refractivity contribution is -0.139. The molecule has 6 nitrogen and oxygen atoms in total. The fraction of sp³-hybridized carbons (Fsp3) is 0.824. The molecule has 23 heavy (non-hydrogen) atoms. The van der Waals surface area contributed by atoms with E-state index in [4.69, 9.17) is 0 Å². The molecule has 2 heterocycles. The summed E-state index contributed by atoms with van der Waals surface area (Å²) >= 11 is 0. The molecule has 3 aliphatic rings. The van der Waals surface area contributed by atoms with Crippen molar-refractivity contribution in [1.29, 1.82) is 0 Å². The number of aromatic nitrogens is 3. The van der Waals surface area contributed by atoms with Gasteiger partial charge >= 0.3 is 0 Å². The molecule has 0 bridgehead atoms. The summed E-state index contributed by atoms with van der Waals surface area (Å²) in [7, 11) is 0. The maximum atomic E-state index is 13.0. The van der Waals surface area contributed by atoms with Gasteiger partial charge in [-0.2, -0.15) is 0 Å². The molecule has 1 aliphatic heterocycles. The highest BCUT2D eigenvalue weighted by atomic mass is 16.3. The van der Waals surface area contributed by atoms with Crippen LogP contribution in [-0.4, -0.2) is 37.5 Å². The molecule has 0 radical (unpaired) electrons. The van der Waals surface area contributed by atoms with Gasteiger partial charge in [0, 0.05) is 12.5 Å². The van der Waals surface area contributed by atoms with Gasteiger partial charge in [0.25, 0.3) is 0 Å². The van der Waals surface area contributed by atoms with Crippen molar-refractivity contribution in [3.05, 3.63) is 11.4 Å². The van der Waals surface area contributed by atoms with Gasteiger partial charge in [-0.1, -0.05) is 30.9 Å². The van der Waals surface area contributed by atoms with Crippen LogP contribution in [0.25, 0.3) is 0 Å². The zero-order chi connectivity index (χ0) is 15.8. The van der Waals surface area contributed by atoms with Crippen molar-refractivity contribution in [2.75, 3.05) is 6.54 Å². The zero-order valence-corrected chi connectivity index (χ0v) is 13.7. The topological polar surface area (TPSA) is 71.2 Å². The second-order valence-corrected chi connectivity index (χ2v) is 7.44. The molecule has 0 unspecified atom stereocenters. The minimum atomic E-state index is -0.107. The standard InChI is InChI=1S/C17H26N4O2/c22-11-15-16-10-20(7-8-21(16)19-18-15)17(23)14-6-5-12-3-1-2-4-13(12)9-14/h12-14,22H,1-11H2/t12-,13+,14+/m0/s1. The van der Waals surface area contributed by atoms with E-state index >= 15 is 0 Å². The molecule has 0 spiro atoms. The molecule has 1 aromatic heterocycles. The predicted molar refractivity (Wildman–Crippen MR) is 84.2 cm³/mol. The normalized spacial score (nSPS) is 30.7. The van der Waals surface area contributed by atoms with E-state index in [-0.39, 0.29) is 12.5 Å². The molecule has 0 aromatic carbocycles. The molecule has 4 rings (SSSR count). The van der Waals surface area contributed by atoms with Crippen LogP contribution in [0.1, 0.15) is 56.3 Å². The average molecular weight is 318 g/mol. The third-order valence-electron chi connectivity index (χ3n) is 6.19. The third kappa shape index (κ3) is 2.77. The number of nitrogens with zero attached hydrogens (tertiary/aromatic N) is 4. The summed E-state index contributed by atoms with van der Waals surface area (Å²) in [6, 6.07) is 0. The Hall–Kier alpha value is -1.43. The van der Waals surface area contributed by atoms with Crippen molar-refractivity contribution in [3.8, 4) is 0 Å². The fourth-order valence-corrected chi connectivity index (χ4v) is 4.86. The van der Waals surface area contributed by atoms with Crippen molar-refractivity contribution in [3.63, 3.8) is 0 Å². The van der Waals surface area contributed by atoms with Crippen molar-refractivity contribution >= 4 is 5.91 Å². The summed E-state index contributed by atoms with van der Waals surface area (Å²) in [6.45, 7) is 1.84. The molecule has 1 N–H and O–H groups in total. The van der Waals surface area contributed by atoms with Crippen molar-refractivity contribution in [1.82, 2.24) is 19.9 Å². The van der Waals surface area contributed by atoms with Crippen molar-refractivity contribution < 1.29 is 9.90 Å². The highest BCUT2D eigenvalue weighted by Crippen LogP contribution is 2.43. The van der Waals surface area contributed by atoms with E-state index in [1.807, 2.05) is 9.58 Å². The summed E-state index contributed by atoms with van der Waals surface area (Å²) in [6.07, 6.45) is 8.80. The molecule has 6 heteroatoms. The van der Waals surface area contributed by atoms with E-state index in [9.17, 15) is 9.90 Å². The minimum Gasteiger partial charge on any atom is -0.390 e. The van der Waals surface area contributed by atoms with Gasteiger partial charge in [0.1, 0.15) is 5.69 Å². The van der Waals surface area contributed by atoms with Crippen LogP contribution in [0, 0.1) is 17.8 Å². The number of rotatable bonds is 2. The van der Waals surface area contributed by atoms with Crippen LogP contribution in [0.2, 0.25) is 0 Å². The molecule has 2 fully saturated rings. The maximum absolute atomic E-state index is 13.0. The Morgan fingerprint density at radius 3 is 2.78 bits per heavy atom. The van der Waals surface area contributed by atoms with Gasteiger partial charge in [-0.3, -0.25) is 4.79 Å². The maximum Gasteiger partial charge on any atom is 0.226 e. The van der Waals surface area contributed by atoms with Crippen LogP contribution in [-0.2, 0) is 24.5 Å². The van der Waals surface area contributed by atoms with Gasteiger partial charge in [0.05, 0.1) is 25.4 Å². The summed E-state index contributed by atoms with van der Waals surface area (Å²) < 4.78 is 1.83. The predicted octanol–water partition coefficient (Wildman–Crippen LogP) is 1.72. The summed E-state index contributed by atoms with van der Waals surface area (Å²) in [5.74, 6) is 2.16. The van der Waals surface area contributed by atoms with E-state index in [0.29, 0.717) is 31.2 Å². The number of hydrogen-bond donors (Lipinski definition) is 1. The Kier molecular flexibility index (Phi) is 4.09. The summed E-state index contributed by atoms with van der Waals surface area (Å²) in [5, 5.41) is 17.4. The minimum absolute atomic E-state index is 0.107. The average Bonchev–Trinajstić information content (AvgIpc) is 3.03. The van der Waals surface area contributed by atoms with Gasteiger partial charge in [-0.25, -0.2) is 4.68 Å². The van der Waals surface area contributed by atoms with E-state index in [0.717, 1.165) is 30.4 Å². The molecule has 3 atom stereocenters. The summed E-state index contributed by atoms with van der Waals surface area (Å²) in [5.41, 5.74) is 1.51. The first-order valence-corrected chi connectivity index (χ1v) is 9.07. The molecule has 0 saturated heterocycles. The molecular weight excluding hydrogens is 292 g/mol. The molecule has 2 aliphatic carbocycles.